The smallest absolute Gasteiger partial charge is 0.308 e. The monoisotopic (exact) mass is 272 g/mol. The Hall–Kier alpha value is -2.49. The number of benzene rings is 2. The van der Waals surface area contributed by atoms with Gasteiger partial charge in [0.05, 0.1) is 7.11 Å². The van der Waals surface area contributed by atoms with Crippen molar-refractivity contribution in [1.29, 1.82) is 0 Å². The summed E-state index contributed by atoms with van der Waals surface area (Å²) in [6.07, 6.45) is 0. The maximum atomic E-state index is 11.1. The molecule has 0 fully saturated rings. The third-order valence-electron chi connectivity index (χ3n) is 2.64. The highest BCUT2D eigenvalue weighted by atomic mass is 16.6. The lowest BCUT2D eigenvalue weighted by atomic mass is 10.2. The predicted molar refractivity (Wildman–Crippen MR) is 75.1 cm³/mol. The van der Waals surface area contributed by atoms with Gasteiger partial charge in [-0.3, -0.25) is 4.79 Å². The molecule has 4 nitrogen and oxygen atoms in total. The first-order valence-corrected chi connectivity index (χ1v) is 6.23. The molecule has 20 heavy (non-hydrogen) atoms. The van der Waals surface area contributed by atoms with Gasteiger partial charge in [-0.2, -0.15) is 0 Å². The lowest BCUT2D eigenvalue weighted by Gasteiger charge is -2.14. The summed E-state index contributed by atoms with van der Waals surface area (Å²) in [5, 5.41) is 0. The number of hydrogen-bond donors (Lipinski definition) is 0. The first kappa shape index (κ1) is 13.9. The quantitative estimate of drug-likeness (QED) is 0.619. The lowest BCUT2D eigenvalue weighted by Crippen LogP contribution is -2.05. The van der Waals surface area contributed by atoms with E-state index < -0.39 is 5.97 Å². The van der Waals surface area contributed by atoms with E-state index in [0.29, 0.717) is 23.9 Å². The van der Waals surface area contributed by atoms with E-state index in [1.54, 1.807) is 25.3 Å². The molecule has 0 N–H and O–H groups in total. The minimum absolute atomic E-state index is 0.354. The lowest BCUT2D eigenvalue weighted by molar-refractivity contribution is -0.132. The standard InChI is InChI=1S/C16H16O4/c1-12(17)20-15-10-6-9-14(18-2)16(15)19-11-13-7-4-3-5-8-13/h3-10H,11H2,1-2H3. The van der Waals surface area contributed by atoms with Gasteiger partial charge >= 0.3 is 5.97 Å². The zero-order chi connectivity index (χ0) is 14.4. The van der Waals surface area contributed by atoms with Crippen LogP contribution >= 0.6 is 0 Å². The van der Waals surface area contributed by atoms with Gasteiger partial charge in [0.15, 0.2) is 11.5 Å². The number of carbonyl (C=O) groups is 1. The molecule has 0 saturated carbocycles. The van der Waals surface area contributed by atoms with Gasteiger partial charge in [0, 0.05) is 6.92 Å². The highest BCUT2D eigenvalue weighted by Gasteiger charge is 2.13. The SMILES string of the molecule is COc1cccc(OC(C)=O)c1OCc1ccccc1. The highest BCUT2D eigenvalue weighted by molar-refractivity contribution is 5.71. The van der Waals surface area contributed by atoms with Gasteiger partial charge in [0.25, 0.3) is 0 Å². The maximum absolute atomic E-state index is 11.1. The zero-order valence-corrected chi connectivity index (χ0v) is 11.5. The van der Waals surface area contributed by atoms with Crippen molar-refractivity contribution in [1.82, 2.24) is 0 Å². The van der Waals surface area contributed by atoms with E-state index in [-0.39, 0.29) is 0 Å². The molecular weight excluding hydrogens is 256 g/mol. The van der Waals surface area contributed by atoms with Crippen LogP contribution in [0.25, 0.3) is 0 Å². The van der Waals surface area contributed by atoms with Gasteiger partial charge in [-0.25, -0.2) is 0 Å². The third kappa shape index (κ3) is 3.51. The number of methoxy groups -OCH3 is 1. The Labute approximate surface area is 117 Å². The van der Waals surface area contributed by atoms with E-state index in [0.717, 1.165) is 5.56 Å². The van der Waals surface area contributed by atoms with E-state index in [2.05, 4.69) is 0 Å². The number of hydrogen-bond acceptors (Lipinski definition) is 4. The Morgan fingerprint density at radius 3 is 2.35 bits per heavy atom. The molecule has 2 aromatic rings. The van der Waals surface area contributed by atoms with Gasteiger partial charge in [-0.05, 0) is 17.7 Å². The molecule has 2 rings (SSSR count). The zero-order valence-electron chi connectivity index (χ0n) is 11.5. The fraction of sp³-hybridized carbons (Fsp3) is 0.188. The fourth-order valence-electron chi connectivity index (χ4n) is 1.76. The Morgan fingerprint density at radius 2 is 1.70 bits per heavy atom. The fourth-order valence-corrected chi connectivity index (χ4v) is 1.76. The number of rotatable bonds is 5. The predicted octanol–water partition coefficient (Wildman–Crippen LogP) is 3.20. The van der Waals surface area contributed by atoms with Crippen LogP contribution in [0.5, 0.6) is 17.2 Å². The van der Waals surface area contributed by atoms with E-state index in [9.17, 15) is 4.79 Å². The Morgan fingerprint density at radius 1 is 1.00 bits per heavy atom. The van der Waals surface area contributed by atoms with Crippen LogP contribution in [0.3, 0.4) is 0 Å². The normalized spacial score (nSPS) is 9.90. The van der Waals surface area contributed by atoms with E-state index in [4.69, 9.17) is 14.2 Å². The second-order valence-corrected chi connectivity index (χ2v) is 4.16. The summed E-state index contributed by atoms with van der Waals surface area (Å²) in [7, 11) is 1.54. The van der Waals surface area contributed by atoms with Crippen LogP contribution in [0.2, 0.25) is 0 Å². The van der Waals surface area contributed by atoms with Crippen molar-refractivity contribution in [2.24, 2.45) is 0 Å². The van der Waals surface area contributed by atoms with Crippen molar-refractivity contribution >= 4 is 5.97 Å². The molecule has 0 aliphatic rings. The average Bonchev–Trinajstić information content (AvgIpc) is 2.46. The summed E-state index contributed by atoms with van der Waals surface area (Å²) in [5.41, 5.74) is 1.02. The second-order valence-electron chi connectivity index (χ2n) is 4.16. The van der Waals surface area contributed by atoms with Crippen LogP contribution in [-0.4, -0.2) is 13.1 Å². The minimum Gasteiger partial charge on any atom is -0.493 e. The van der Waals surface area contributed by atoms with Crippen LogP contribution in [0.15, 0.2) is 48.5 Å². The topological polar surface area (TPSA) is 44.8 Å². The molecule has 0 aromatic heterocycles. The van der Waals surface area contributed by atoms with E-state index >= 15 is 0 Å². The summed E-state index contributed by atoms with van der Waals surface area (Å²) in [5.74, 6) is 0.907. The van der Waals surface area contributed by atoms with Gasteiger partial charge in [0.2, 0.25) is 5.75 Å². The molecule has 0 radical (unpaired) electrons. The maximum Gasteiger partial charge on any atom is 0.308 e. The molecule has 0 aliphatic heterocycles. The largest absolute Gasteiger partial charge is 0.493 e. The summed E-state index contributed by atoms with van der Waals surface area (Å²) in [6.45, 7) is 1.72. The summed E-state index contributed by atoms with van der Waals surface area (Å²) < 4.78 is 16.1. The van der Waals surface area contributed by atoms with Gasteiger partial charge < -0.3 is 14.2 Å². The molecule has 2 aromatic carbocycles. The van der Waals surface area contributed by atoms with E-state index in [1.807, 2.05) is 30.3 Å². The minimum atomic E-state index is -0.400. The van der Waals surface area contributed by atoms with Gasteiger partial charge in [-0.1, -0.05) is 36.4 Å². The number of para-hydroxylation sites is 1. The Kier molecular flexibility index (Phi) is 4.60. The molecule has 0 heterocycles. The van der Waals surface area contributed by atoms with Gasteiger partial charge in [-0.15, -0.1) is 0 Å². The summed E-state index contributed by atoms with van der Waals surface area (Å²) in [4.78, 5) is 11.1. The summed E-state index contributed by atoms with van der Waals surface area (Å²) in [6, 6.07) is 14.9. The van der Waals surface area contributed by atoms with Crippen LogP contribution in [0, 0.1) is 0 Å². The summed E-state index contributed by atoms with van der Waals surface area (Å²) >= 11 is 0. The molecular formula is C16H16O4. The van der Waals surface area contributed by atoms with Crippen LogP contribution < -0.4 is 14.2 Å². The molecule has 0 amide bonds. The second kappa shape index (κ2) is 6.61. The highest BCUT2D eigenvalue weighted by Crippen LogP contribution is 2.37. The van der Waals surface area contributed by atoms with Crippen molar-refractivity contribution in [2.45, 2.75) is 13.5 Å². The number of ether oxygens (including phenoxy) is 3. The first-order chi connectivity index (χ1) is 9.70. The molecule has 0 unspecified atom stereocenters. The van der Waals surface area contributed by atoms with Crippen molar-refractivity contribution in [3.63, 3.8) is 0 Å². The van der Waals surface area contributed by atoms with Crippen molar-refractivity contribution in [3.8, 4) is 17.2 Å². The van der Waals surface area contributed by atoms with E-state index in [1.165, 1.54) is 6.92 Å². The molecule has 0 atom stereocenters. The average molecular weight is 272 g/mol. The van der Waals surface area contributed by atoms with Crippen molar-refractivity contribution in [3.05, 3.63) is 54.1 Å². The Balaban J connectivity index is 2.21. The third-order valence-corrected chi connectivity index (χ3v) is 2.64. The first-order valence-electron chi connectivity index (χ1n) is 6.23. The molecule has 0 bridgehead atoms. The van der Waals surface area contributed by atoms with Crippen molar-refractivity contribution in [2.75, 3.05) is 7.11 Å². The molecule has 104 valence electrons. The molecule has 0 spiro atoms. The molecule has 0 aliphatic carbocycles. The Bertz CT molecular complexity index is 578. The van der Waals surface area contributed by atoms with Crippen LogP contribution in [0.4, 0.5) is 0 Å². The van der Waals surface area contributed by atoms with Crippen molar-refractivity contribution < 1.29 is 19.0 Å². The molecule has 0 saturated heterocycles. The van der Waals surface area contributed by atoms with Gasteiger partial charge in [0.1, 0.15) is 6.61 Å². The number of carbonyl (C=O) groups excluding carboxylic acids is 1. The van der Waals surface area contributed by atoms with Crippen LogP contribution in [-0.2, 0) is 11.4 Å². The number of esters is 1. The van der Waals surface area contributed by atoms with Crippen LogP contribution in [0.1, 0.15) is 12.5 Å². The molecule has 4 heteroatoms.